The molecule has 0 aromatic heterocycles. The minimum absolute atomic E-state index is 1.14. The molecule has 0 saturated carbocycles. The number of anilines is 3. The predicted molar refractivity (Wildman–Crippen MR) is 180 cm³/mol. The quantitative estimate of drug-likeness (QED) is 0.188. The largest absolute Gasteiger partial charge is 0.310 e. The van der Waals surface area contributed by atoms with Crippen LogP contribution in [0.1, 0.15) is 55.6 Å². The van der Waals surface area contributed by atoms with Crippen LogP contribution in [0.25, 0.3) is 24.3 Å². The van der Waals surface area contributed by atoms with Gasteiger partial charge in [0, 0.05) is 17.1 Å². The van der Waals surface area contributed by atoms with Crippen molar-refractivity contribution in [2.24, 2.45) is 0 Å². The summed E-state index contributed by atoms with van der Waals surface area (Å²) < 4.78 is 0. The molecule has 5 rings (SSSR count). The Kier molecular flexibility index (Phi) is 8.36. The van der Waals surface area contributed by atoms with Crippen molar-refractivity contribution in [2.75, 3.05) is 4.90 Å². The Labute approximate surface area is 246 Å². The van der Waals surface area contributed by atoms with E-state index in [2.05, 4.69) is 174 Å². The summed E-state index contributed by atoms with van der Waals surface area (Å²) in [6, 6.07) is 37.3. The number of aryl methyl sites for hydroxylation is 4. The molecule has 0 spiro atoms. The van der Waals surface area contributed by atoms with E-state index >= 15 is 0 Å². The zero-order valence-corrected chi connectivity index (χ0v) is 25.1. The van der Waals surface area contributed by atoms with Crippen LogP contribution in [-0.4, -0.2) is 0 Å². The topological polar surface area (TPSA) is 3.24 Å². The van der Waals surface area contributed by atoms with E-state index in [0.717, 1.165) is 11.4 Å². The number of hydrogen-bond donors (Lipinski definition) is 0. The molecule has 0 saturated heterocycles. The molecule has 0 aliphatic carbocycles. The third-order valence-corrected chi connectivity index (χ3v) is 8.10. The summed E-state index contributed by atoms with van der Waals surface area (Å²) in [5.41, 5.74) is 16.2. The minimum atomic E-state index is 1.14. The molecule has 0 fully saturated rings. The van der Waals surface area contributed by atoms with E-state index in [1.165, 1.54) is 61.3 Å². The van der Waals surface area contributed by atoms with E-state index < -0.39 is 0 Å². The van der Waals surface area contributed by atoms with Gasteiger partial charge in [0.1, 0.15) is 0 Å². The Morgan fingerprint density at radius 1 is 0.439 bits per heavy atom. The molecule has 0 unspecified atom stereocenters. The number of hydrogen-bond acceptors (Lipinski definition) is 1. The second kappa shape index (κ2) is 12.3. The van der Waals surface area contributed by atoms with E-state index in [9.17, 15) is 0 Å². The van der Waals surface area contributed by atoms with Crippen molar-refractivity contribution in [3.63, 3.8) is 0 Å². The molecular formula is C40H39N. The van der Waals surface area contributed by atoms with Gasteiger partial charge in [-0.3, -0.25) is 0 Å². The van der Waals surface area contributed by atoms with Crippen LogP contribution in [0.3, 0.4) is 0 Å². The Balaban J connectivity index is 1.45. The van der Waals surface area contributed by atoms with Crippen LogP contribution in [0.5, 0.6) is 0 Å². The molecule has 0 aliphatic heterocycles. The molecule has 204 valence electrons. The standard InChI is InChI=1S/C40H39N/c1-28-13-26-40(31(4)27-28)41(38-22-16-34(17-23-38)14-20-36-11-7-9-29(2)32(36)5)39-24-18-35(19-25-39)15-21-37-12-8-10-30(3)33(37)6/h7-27H,1-6H3/b20-14-,21-15-. The Bertz CT molecular complexity index is 1610. The second-order valence-electron chi connectivity index (χ2n) is 11.1. The van der Waals surface area contributed by atoms with Gasteiger partial charge in [-0.05, 0) is 122 Å². The lowest BCUT2D eigenvalue weighted by atomic mass is 10.0. The summed E-state index contributed by atoms with van der Waals surface area (Å²) in [6.45, 7) is 13.0. The Hall–Kier alpha value is -4.62. The highest BCUT2D eigenvalue weighted by atomic mass is 15.1. The van der Waals surface area contributed by atoms with Gasteiger partial charge >= 0.3 is 0 Å². The molecule has 41 heavy (non-hydrogen) atoms. The minimum Gasteiger partial charge on any atom is -0.310 e. The van der Waals surface area contributed by atoms with Gasteiger partial charge in [-0.25, -0.2) is 0 Å². The average Bonchev–Trinajstić information content (AvgIpc) is 2.97. The molecule has 0 bridgehead atoms. The van der Waals surface area contributed by atoms with Crippen molar-refractivity contribution in [3.05, 3.63) is 159 Å². The van der Waals surface area contributed by atoms with Gasteiger partial charge in [-0.2, -0.15) is 0 Å². The molecule has 1 nitrogen and oxygen atoms in total. The van der Waals surface area contributed by atoms with E-state index in [0.29, 0.717) is 0 Å². The summed E-state index contributed by atoms with van der Waals surface area (Å²) in [7, 11) is 0. The van der Waals surface area contributed by atoms with Crippen molar-refractivity contribution in [3.8, 4) is 0 Å². The molecule has 0 amide bonds. The maximum Gasteiger partial charge on any atom is 0.0490 e. The SMILES string of the molecule is Cc1ccc(N(c2ccc(/C=C\c3cccc(C)c3C)cc2)c2ccc(/C=C\c3cccc(C)c3C)cc2)c(C)c1. The molecular weight excluding hydrogens is 494 g/mol. The summed E-state index contributed by atoms with van der Waals surface area (Å²) in [5.74, 6) is 0. The summed E-state index contributed by atoms with van der Waals surface area (Å²) in [5, 5.41) is 0. The molecule has 0 heterocycles. The molecule has 0 radical (unpaired) electrons. The molecule has 0 atom stereocenters. The zero-order valence-electron chi connectivity index (χ0n) is 25.1. The van der Waals surface area contributed by atoms with Crippen LogP contribution in [0.15, 0.2) is 103 Å². The summed E-state index contributed by atoms with van der Waals surface area (Å²) in [4.78, 5) is 2.35. The second-order valence-corrected chi connectivity index (χ2v) is 11.1. The first-order valence-corrected chi connectivity index (χ1v) is 14.4. The van der Waals surface area contributed by atoms with Gasteiger partial charge < -0.3 is 4.90 Å². The fraction of sp³-hybridized carbons (Fsp3) is 0.150. The fourth-order valence-electron chi connectivity index (χ4n) is 5.23. The van der Waals surface area contributed by atoms with Gasteiger partial charge in [-0.1, -0.05) is 103 Å². The summed E-state index contributed by atoms with van der Waals surface area (Å²) >= 11 is 0. The first-order chi connectivity index (χ1) is 19.8. The Morgan fingerprint density at radius 3 is 1.34 bits per heavy atom. The first kappa shape index (κ1) is 27.9. The van der Waals surface area contributed by atoms with Crippen LogP contribution < -0.4 is 4.90 Å². The third kappa shape index (κ3) is 6.42. The van der Waals surface area contributed by atoms with E-state index in [1.54, 1.807) is 0 Å². The number of nitrogens with zero attached hydrogens (tertiary/aromatic N) is 1. The van der Waals surface area contributed by atoms with Crippen LogP contribution >= 0.6 is 0 Å². The fourth-order valence-corrected chi connectivity index (χ4v) is 5.23. The van der Waals surface area contributed by atoms with Gasteiger partial charge in [0.2, 0.25) is 0 Å². The van der Waals surface area contributed by atoms with E-state index in [-0.39, 0.29) is 0 Å². The number of rotatable bonds is 7. The lowest BCUT2D eigenvalue weighted by Gasteiger charge is -2.27. The van der Waals surface area contributed by atoms with Crippen LogP contribution in [-0.2, 0) is 0 Å². The van der Waals surface area contributed by atoms with Gasteiger partial charge in [0.25, 0.3) is 0 Å². The highest BCUT2D eigenvalue weighted by Crippen LogP contribution is 2.37. The van der Waals surface area contributed by atoms with Crippen LogP contribution in [0.2, 0.25) is 0 Å². The molecule has 0 N–H and O–H groups in total. The predicted octanol–water partition coefficient (Wildman–Crippen LogP) is 11.3. The van der Waals surface area contributed by atoms with Crippen LogP contribution in [0, 0.1) is 41.5 Å². The third-order valence-electron chi connectivity index (χ3n) is 8.10. The van der Waals surface area contributed by atoms with E-state index in [4.69, 9.17) is 0 Å². The van der Waals surface area contributed by atoms with Gasteiger partial charge in [0.05, 0.1) is 0 Å². The van der Waals surface area contributed by atoms with Gasteiger partial charge in [0.15, 0.2) is 0 Å². The summed E-state index contributed by atoms with van der Waals surface area (Å²) in [6.07, 6.45) is 8.82. The molecule has 5 aromatic carbocycles. The lowest BCUT2D eigenvalue weighted by molar-refractivity contribution is 1.24. The normalized spacial score (nSPS) is 11.5. The molecule has 5 aromatic rings. The lowest BCUT2D eigenvalue weighted by Crippen LogP contribution is -2.11. The van der Waals surface area contributed by atoms with Crippen molar-refractivity contribution in [1.29, 1.82) is 0 Å². The number of benzene rings is 5. The average molecular weight is 534 g/mol. The van der Waals surface area contributed by atoms with Crippen LogP contribution in [0.4, 0.5) is 17.1 Å². The molecule has 0 aliphatic rings. The smallest absolute Gasteiger partial charge is 0.0490 e. The van der Waals surface area contributed by atoms with E-state index in [1.807, 2.05) is 0 Å². The zero-order chi connectivity index (χ0) is 28.9. The molecule has 1 heteroatoms. The van der Waals surface area contributed by atoms with Crippen molar-refractivity contribution in [1.82, 2.24) is 0 Å². The van der Waals surface area contributed by atoms with Crippen molar-refractivity contribution >= 4 is 41.4 Å². The maximum absolute atomic E-state index is 2.35. The maximum atomic E-state index is 2.35. The van der Waals surface area contributed by atoms with Crippen molar-refractivity contribution < 1.29 is 0 Å². The first-order valence-electron chi connectivity index (χ1n) is 14.4. The monoisotopic (exact) mass is 533 g/mol. The Morgan fingerprint density at radius 2 is 0.902 bits per heavy atom. The van der Waals surface area contributed by atoms with Crippen molar-refractivity contribution in [2.45, 2.75) is 41.5 Å². The highest BCUT2D eigenvalue weighted by molar-refractivity contribution is 5.81. The van der Waals surface area contributed by atoms with Gasteiger partial charge in [-0.15, -0.1) is 0 Å². The highest BCUT2D eigenvalue weighted by Gasteiger charge is 2.14.